The highest BCUT2D eigenvalue weighted by molar-refractivity contribution is 6.09. The van der Waals surface area contributed by atoms with Crippen molar-refractivity contribution < 1.29 is 18.7 Å². The van der Waals surface area contributed by atoms with Crippen molar-refractivity contribution in [1.82, 2.24) is 4.98 Å². The number of hydrogen-bond acceptors (Lipinski definition) is 5. The molecule has 0 saturated carbocycles. The quantitative estimate of drug-likeness (QED) is 0.386. The van der Waals surface area contributed by atoms with Crippen molar-refractivity contribution in [3.63, 3.8) is 0 Å². The van der Waals surface area contributed by atoms with Crippen LogP contribution in [0.1, 0.15) is 35.7 Å². The van der Waals surface area contributed by atoms with Gasteiger partial charge >= 0.3 is 0 Å². The minimum atomic E-state index is -0.302. The summed E-state index contributed by atoms with van der Waals surface area (Å²) in [5.74, 6) is 0.369. The third-order valence-electron chi connectivity index (χ3n) is 4.62. The van der Waals surface area contributed by atoms with Crippen LogP contribution < -0.4 is 10.1 Å². The molecule has 0 aliphatic rings. The number of hydrogen-bond donors (Lipinski definition) is 1. The van der Waals surface area contributed by atoms with Gasteiger partial charge in [-0.3, -0.25) is 9.78 Å². The van der Waals surface area contributed by atoms with Crippen LogP contribution in [0.2, 0.25) is 0 Å². The summed E-state index contributed by atoms with van der Waals surface area (Å²) >= 11 is 0. The average Bonchev–Trinajstić information content (AvgIpc) is 2.70. The molecule has 152 valence electrons. The largest absolute Gasteiger partial charge is 0.491 e. The summed E-state index contributed by atoms with van der Waals surface area (Å²) in [6.07, 6.45) is 2.77. The first-order valence-corrected chi connectivity index (χ1v) is 9.64. The summed E-state index contributed by atoms with van der Waals surface area (Å²) in [6, 6.07) is 10.1. The van der Waals surface area contributed by atoms with Crippen LogP contribution in [0.25, 0.3) is 10.9 Å². The molecule has 0 fully saturated rings. The molecular weight excluding hydrogens is 371 g/mol. The zero-order chi connectivity index (χ0) is 20.8. The van der Waals surface area contributed by atoms with E-state index in [1.807, 2.05) is 32.0 Å². The second-order valence-corrected chi connectivity index (χ2v) is 6.82. The van der Waals surface area contributed by atoms with Crippen LogP contribution in [0.4, 0.5) is 15.8 Å². The minimum absolute atomic E-state index is 0.00914. The van der Waals surface area contributed by atoms with Crippen LogP contribution in [0.5, 0.6) is 5.75 Å². The Labute approximate surface area is 169 Å². The molecule has 0 amide bonds. The zero-order valence-corrected chi connectivity index (χ0v) is 16.9. The van der Waals surface area contributed by atoms with Crippen molar-refractivity contribution in [2.24, 2.45) is 0 Å². The summed E-state index contributed by atoms with van der Waals surface area (Å²) in [5, 5.41) is 4.11. The lowest BCUT2D eigenvalue weighted by Gasteiger charge is -2.16. The van der Waals surface area contributed by atoms with Gasteiger partial charge in [0.05, 0.1) is 23.4 Å². The van der Waals surface area contributed by atoms with Gasteiger partial charge < -0.3 is 14.8 Å². The fourth-order valence-electron chi connectivity index (χ4n) is 3.11. The number of anilines is 2. The second kappa shape index (κ2) is 9.47. The highest BCUT2D eigenvalue weighted by atomic mass is 19.1. The van der Waals surface area contributed by atoms with Crippen LogP contribution in [-0.2, 0) is 4.74 Å². The van der Waals surface area contributed by atoms with E-state index in [0.717, 1.165) is 28.6 Å². The molecule has 0 aliphatic heterocycles. The summed E-state index contributed by atoms with van der Waals surface area (Å²) in [5.41, 5.74) is 3.38. The summed E-state index contributed by atoms with van der Waals surface area (Å²) in [6.45, 7) is 4.68. The van der Waals surface area contributed by atoms with Gasteiger partial charge in [-0.2, -0.15) is 0 Å². The van der Waals surface area contributed by atoms with E-state index >= 15 is 0 Å². The number of ether oxygens (including phenoxy) is 2. The van der Waals surface area contributed by atoms with Gasteiger partial charge in [0, 0.05) is 30.8 Å². The molecule has 0 spiro atoms. The summed E-state index contributed by atoms with van der Waals surface area (Å²) < 4.78 is 24.3. The zero-order valence-electron chi connectivity index (χ0n) is 16.9. The van der Waals surface area contributed by atoms with Gasteiger partial charge in [0.2, 0.25) is 0 Å². The Kier molecular flexibility index (Phi) is 6.77. The highest BCUT2D eigenvalue weighted by Crippen LogP contribution is 2.33. The first-order valence-electron chi connectivity index (χ1n) is 9.64. The van der Waals surface area contributed by atoms with E-state index in [9.17, 15) is 9.18 Å². The lowest BCUT2D eigenvalue weighted by molar-refractivity contribution is 0.0982. The van der Waals surface area contributed by atoms with Gasteiger partial charge in [0.15, 0.2) is 5.78 Å². The molecule has 2 aromatic carbocycles. The number of rotatable bonds is 9. The number of carbonyl (C=O) groups is 1. The molecule has 0 bridgehead atoms. The van der Waals surface area contributed by atoms with Crippen molar-refractivity contribution in [1.29, 1.82) is 0 Å². The first-order chi connectivity index (χ1) is 14.0. The molecule has 1 aromatic heterocycles. The molecule has 29 heavy (non-hydrogen) atoms. The third-order valence-corrected chi connectivity index (χ3v) is 4.62. The number of fused-ring (bicyclic) bond motifs is 1. The van der Waals surface area contributed by atoms with E-state index in [1.54, 1.807) is 19.4 Å². The van der Waals surface area contributed by atoms with Crippen molar-refractivity contribution in [2.45, 2.75) is 26.7 Å². The van der Waals surface area contributed by atoms with E-state index in [0.29, 0.717) is 36.6 Å². The van der Waals surface area contributed by atoms with E-state index in [1.165, 1.54) is 12.1 Å². The molecule has 1 heterocycles. The Balaban J connectivity index is 2.10. The molecular formula is C23H25FN2O3. The van der Waals surface area contributed by atoms with Gasteiger partial charge in [0.25, 0.3) is 0 Å². The number of nitrogens with one attached hydrogen (secondary N) is 1. The predicted molar refractivity (Wildman–Crippen MR) is 113 cm³/mol. The Morgan fingerprint density at radius 2 is 2.00 bits per heavy atom. The van der Waals surface area contributed by atoms with Crippen molar-refractivity contribution in [3.8, 4) is 5.75 Å². The van der Waals surface area contributed by atoms with Crippen molar-refractivity contribution in [2.75, 3.05) is 25.6 Å². The molecule has 6 heteroatoms. The van der Waals surface area contributed by atoms with Crippen molar-refractivity contribution >= 4 is 28.1 Å². The summed E-state index contributed by atoms with van der Waals surface area (Å²) in [4.78, 5) is 17.2. The van der Waals surface area contributed by atoms with Crippen LogP contribution in [0, 0.1) is 12.7 Å². The Bertz CT molecular complexity index is 1020. The number of halogens is 1. The first kappa shape index (κ1) is 20.7. The summed E-state index contributed by atoms with van der Waals surface area (Å²) in [7, 11) is 1.62. The Morgan fingerprint density at radius 3 is 2.72 bits per heavy atom. The maximum Gasteiger partial charge on any atom is 0.166 e. The lowest BCUT2D eigenvalue weighted by atomic mass is 10.0. The normalized spacial score (nSPS) is 10.9. The highest BCUT2D eigenvalue weighted by Gasteiger charge is 2.17. The standard InChI is InChI=1S/C23H25FN2O3/c1-4-5-22(27)19-14-25-21-9-7-17(29-11-10-28-3)13-18(21)23(19)26-20-8-6-16(24)12-15(20)2/h6-9,12-14H,4-5,10-11H2,1-3H3,(H,25,26). The fourth-order valence-corrected chi connectivity index (χ4v) is 3.11. The number of aromatic nitrogens is 1. The molecule has 5 nitrogen and oxygen atoms in total. The second-order valence-electron chi connectivity index (χ2n) is 6.82. The number of methoxy groups -OCH3 is 1. The van der Waals surface area contributed by atoms with Gasteiger partial charge in [-0.25, -0.2) is 4.39 Å². The molecule has 3 aromatic rings. The molecule has 0 atom stereocenters. The lowest BCUT2D eigenvalue weighted by Crippen LogP contribution is -2.07. The smallest absolute Gasteiger partial charge is 0.166 e. The van der Waals surface area contributed by atoms with Gasteiger partial charge in [-0.15, -0.1) is 0 Å². The Morgan fingerprint density at radius 1 is 1.17 bits per heavy atom. The molecule has 0 radical (unpaired) electrons. The van der Waals surface area contributed by atoms with Crippen LogP contribution in [0.15, 0.2) is 42.6 Å². The predicted octanol–water partition coefficient (Wildman–Crippen LogP) is 5.43. The monoisotopic (exact) mass is 396 g/mol. The maximum atomic E-state index is 13.5. The van der Waals surface area contributed by atoms with Crippen molar-refractivity contribution in [3.05, 3.63) is 59.5 Å². The number of aryl methyl sites for hydroxylation is 1. The van der Waals surface area contributed by atoms with E-state index in [4.69, 9.17) is 9.47 Å². The third kappa shape index (κ3) is 4.90. The maximum absolute atomic E-state index is 13.5. The van der Waals surface area contributed by atoms with E-state index in [-0.39, 0.29) is 11.6 Å². The number of carbonyl (C=O) groups excluding carboxylic acids is 1. The number of pyridine rings is 1. The molecule has 0 unspecified atom stereocenters. The molecule has 0 aliphatic carbocycles. The topological polar surface area (TPSA) is 60.5 Å². The van der Waals surface area contributed by atoms with Gasteiger partial charge in [-0.05, 0) is 55.3 Å². The van der Waals surface area contributed by atoms with E-state index in [2.05, 4.69) is 10.3 Å². The number of benzene rings is 2. The van der Waals surface area contributed by atoms with Crippen LogP contribution >= 0.6 is 0 Å². The SMILES string of the molecule is CCCC(=O)c1cnc2ccc(OCCOC)cc2c1Nc1ccc(F)cc1C. The van der Waals surface area contributed by atoms with Gasteiger partial charge in [-0.1, -0.05) is 6.92 Å². The van der Waals surface area contributed by atoms with Crippen LogP contribution in [0.3, 0.4) is 0 Å². The average molecular weight is 396 g/mol. The Hall–Kier alpha value is -2.99. The van der Waals surface area contributed by atoms with E-state index < -0.39 is 0 Å². The van der Waals surface area contributed by atoms with Crippen LogP contribution in [-0.4, -0.2) is 31.1 Å². The van der Waals surface area contributed by atoms with Gasteiger partial charge in [0.1, 0.15) is 18.2 Å². The number of Topliss-reactive ketones (excluding diaryl/α,β-unsaturated/α-hetero) is 1. The fraction of sp³-hybridized carbons (Fsp3) is 0.304. The molecule has 0 saturated heterocycles. The molecule has 1 N–H and O–H groups in total. The molecule has 3 rings (SSSR count). The number of nitrogens with zero attached hydrogens (tertiary/aromatic N) is 1. The number of ketones is 1. The minimum Gasteiger partial charge on any atom is -0.491 e.